The van der Waals surface area contributed by atoms with Gasteiger partial charge in [0.15, 0.2) is 11.4 Å². The third-order valence-corrected chi connectivity index (χ3v) is 2.55. The minimum atomic E-state index is -1.33. The quantitative estimate of drug-likeness (QED) is 0.255. The molecule has 0 saturated heterocycles. The van der Waals surface area contributed by atoms with Gasteiger partial charge in [-0.05, 0) is 13.3 Å². The summed E-state index contributed by atoms with van der Waals surface area (Å²) >= 11 is 0. The molecule has 17 heavy (non-hydrogen) atoms. The summed E-state index contributed by atoms with van der Waals surface area (Å²) in [5.41, 5.74) is -1.33. The third kappa shape index (κ3) is 6.16. The Labute approximate surface area is 102 Å². The summed E-state index contributed by atoms with van der Waals surface area (Å²) in [4.78, 5) is 22.0. The van der Waals surface area contributed by atoms with Gasteiger partial charge in [-0.25, -0.2) is 0 Å². The van der Waals surface area contributed by atoms with Crippen molar-refractivity contribution in [3.8, 4) is 0 Å². The number of carbonyl (C=O) groups is 1. The lowest BCUT2D eigenvalue weighted by atomic mass is 9.96. The Kier molecular flexibility index (Phi) is 7.37. The van der Waals surface area contributed by atoms with E-state index in [0.29, 0.717) is 6.42 Å². The number of hydrogen-bond acceptors (Lipinski definition) is 4. The van der Waals surface area contributed by atoms with Crippen molar-refractivity contribution in [1.82, 2.24) is 0 Å². The van der Waals surface area contributed by atoms with Crippen molar-refractivity contribution >= 4 is 5.78 Å². The number of Topliss-reactive ketones (excluding diaryl/α,β-unsaturated/α-hetero) is 1. The summed E-state index contributed by atoms with van der Waals surface area (Å²) in [5.74, 6) is -0.204. The summed E-state index contributed by atoms with van der Waals surface area (Å²) in [6.45, 7) is 6.64. The first-order valence-corrected chi connectivity index (χ1v) is 5.86. The number of unbranched alkanes of at least 4 members (excludes halogenated alkanes) is 2. The minimum Gasteiger partial charge on any atom is -0.357 e. The Balaban J connectivity index is 4.47. The Hall–Kier alpha value is -1.23. The second-order valence-electron chi connectivity index (χ2n) is 4.20. The number of nitro groups is 1. The van der Waals surface area contributed by atoms with Crippen molar-refractivity contribution in [3.63, 3.8) is 0 Å². The molecular formula is C12H21NO4. The summed E-state index contributed by atoms with van der Waals surface area (Å²) in [6.07, 6.45) is 4.52. The standard InChI is InChI=1S/C12H21NO4/c1-4-6-7-8-11(14)12(3,10-13(15)16)17-9-5-2/h5H,2,4,6-10H2,1,3H3. The van der Waals surface area contributed by atoms with Crippen molar-refractivity contribution in [2.24, 2.45) is 0 Å². The van der Waals surface area contributed by atoms with Crippen molar-refractivity contribution < 1.29 is 14.5 Å². The SMILES string of the molecule is C=CCOC(C)(C[N+](=O)[O-])C(=O)CCCCC. The van der Waals surface area contributed by atoms with Crippen LogP contribution in [0.15, 0.2) is 12.7 Å². The average molecular weight is 243 g/mol. The van der Waals surface area contributed by atoms with E-state index >= 15 is 0 Å². The van der Waals surface area contributed by atoms with Crippen molar-refractivity contribution in [2.75, 3.05) is 13.2 Å². The van der Waals surface area contributed by atoms with E-state index in [1.165, 1.54) is 13.0 Å². The van der Waals surface area contributed by atoms with Crippen LogP contribution in [0, 0.1) is 10.1 Å². The Morgan fingerprint density at radius 1 is 1.53 bits per heavy atom. The van der Waals surface area contributed by atoms with Gasteiger partial charge in [-0.3, -0.25) is 14.9 Å². The second-order valence-corrected chi connectivity index (χ2v) is 4.20. The van der Waals surface area contributed by atoms with Gasteiger partial charge in [0.2, 0.25) is 6.54 Å². The average Bonchev–Trinajstić information content (AvgIpc) is 2.25. The maximum atomic E-state index is 11.9. The van der Waals surface area contributed by atoms with Crippen molar-refractivity contribution in [3.05, 3.63) is 22.8 Å². The highest BCUT2D eigenvalue weighted by atomic mass is 16.6. The first kappa shape index (κ1) is 15.8. The molecule has 1 unspecified atom stereocenters. The first-order chi connectivity index (χ1) is 7.96. The molecule has 98 valence electrons. The zero-order chi connectivity index (χ0) is 13.3. The number of ketones is 1. The number of hydrogen-bond donors (Lipinski definition) is 0. The lowest BCUT2D eigenvalue weighted by Gasteiger charge is -2.23. The van der Waals surface area contributed by atoms with Gasteiger partial charge in [0, 0.05) is 11.3 Å². The highest BCUT2D eigenvalue weighted by molar-refractivity contribution is 5.87. The number of carbonyl (C=O) groups excluding carboxylic acids is 1. The molecule has 0 aromatic rings. The summed E-state index contributed by atoms with van der Waals surface area (Å²) in [7, 11) is 0. The first-order valence-electron chi connectivity index (χ1n) is 5.86. The van der Waals surface area contributed by atoms with E-state index in [4.69, 9.17) is 4.74 Å². The molecule has 0 aliphatic carbocycles. The van der Waals surface area contributed by atoms with Crippen LogP contribution in [0.1, 0.15) is 39.5 Å². The van der Waals surface area contributed by atoms with E-state index in [1.807, 2.05) is 6.92 Å². The van der Waals surface area contributed by atoms with Crippen LogP contribution in [0.4, 0.5) is 0 Å². The lowest BCUT2D eigenvalue weighted by Crippen LogP contribution is -2.45. The molecule has 0 heterocycles. The number of ether oxygens (including phenoxy) is 1. The molecule has 0 N–H and O–H groups in total. The smallest absolute Gasteiger partial charge is 0.239 e. The summed E-state index contributed by atoms with van der Waals surface area (Å²) in [6, 6.07) is 0. The van der Waals surface area contributed by atoms with Crippen molar-refractivity contribution in [1.29, 1.82) is 0 Å². The maximum Gasteiger partial charge on any atom is 0.239 e. The van der Waals surface area contributed by atoms with Crippen LogP contribution in [0.2, 0.25) is 0 Å². The van der Waals surface area contributed by atoms with Gasteiger partial charge in [-0.15, -0.1) is 6.58 Å². The van der Waals surface area contributed by atoms with Crippen LogP contribution in [0.25, 0.3) is 0 Å². The zero-order valence-electron chi connectivity index (χ0n) is 10.6. The van der Waals surface area contributed by atoms with Gasteiger partial charge in [0.05, 0.1) is 6.61 Å². The van der Waals surface area contributed by atoms with Gasteiger partial charge in [0.1, 0.15) is 0 Å². The van der Waals surface area contributed by atoms with Gasteiger partial charge in [-0.1, -0.05) is 25.8 Å². The van der Waals surface area contributed by atoms with E-state index in [-0.39, 0.29) is 12.4 Å². The maximum absolute atomic E-state index is 11.9. The minimum absolute atomic E-state index is 0.143. The molecule has 0 bridgehead atoms. The normalized spacial score (nSPS) is 14.0. The molecule has 1 atom stereocenters. The van der Waals surface area contributed by atoms with Gasteiger partial charge in [0.25, 0.3) is 0 Å². The van der Waals surface area contributed by atoms with Crippen LogP contribution in [-0.2, 0) is 9.53 Å². The molecule has 0 rings (SSSR count). The van der Waals surface area contributed by atoms with E-state index in [0.717, 1.165) is 19.3 Å². The molecule has 0 aliphatic heterocycles. The fourth-order valence-electron chi connectivity index (χ4n) is 1.50. The monoisotopic (exact) mass is 243 g/mol. The Bertz CT molecular complexity index is 278. The van der Waals surface area contributed by atoms with Crippen LogP contribution < -0.4 is 0 Å². The van der Waals surface area contributed by atoms with Crippen LogP contribution in [-0.4, -0.2) is 29.5 Å². The predicted molar refractivity (Wildman–Crippen MR) is 65.6 cm³/mol. The Morgan fingerprint density at radius 2 is 2.18 bits per heavy atom. The molecule has 0 fully saturated rings. The fourth-order valence-corrected chi connectivity index (χ4v) is 1.50. The molecule has 0 amide bonds. The highest BCUT2D eigenvalue weighted by Gasteiger charge is 2.38. The molecule has 0 saturated carbocycles. The molecule has 0 aliphatic rings. The van der Waals surface area contributed by atoms with Crippen LogP contribution in [0.3, 0.4) is 0 Å². The van der Waals surface area contributed by atoms with Gasteiger partial charge in [-0.2, -0.15) is 0 Å². The zero-order valence-corrected chi connectivity index (χ0v) is 10.6. The molecule has 5 nitrogen and oxygen atoms in total. The third-order valence-electron chi connectivity index (χ3n) is 2.55. The van der Waals surface area contributed by atoms with Gasteiger partial charge < -0.3 is 4.74 Å². The molecule has 0 aromatic carbocycles. The van der Waals surface area contributed by atoms with E-state index in [2.05, 4.69) is 6.58 Å². The van der Waals surface area contributed by atoms with Crippen LogP contribution in [0.5, 0.6) is 0 Å². The van der Waals surface area contributed by atoms with Crippen molar-refractivity contribution in [2.45, 2.75) is 45.1 Å². The van der Waals surface area contributed by atoms with E-state index in [9.17, 15) is 14.9 Å². The lowest BCUT2D eigenvalue weighted by molar-refractivity contribution is -0.496. The van der Waals surface area contributed by atoms with E-state index in [1.54, 1.807) is 0 Å². The summed E-state index contributed by atoms with van der Waals surface area (Å²) in [5, 5.41) is 10.6. The molecule has 5 heteroatoms. The highest BCUT2D eigenvalue weighted by Crippen LogP contribution is 2.17. The molecule has 0 spiro atoms. The molecular weight excluding hydrogens is 222 g/mol. The topological polar surface area (TPSA) is 69.4 Å². The fraction of sp³-hybridized carbons (Fsp3) is 0.750. The Morgan fingerprint density at radius 3 is 2.65 bits per heavy atom. The number of nitrogens with zero attached hydrogens (tertiary/aromatic N) is 1. The van der Waals surface area contributed by atoms with Crippen LogP contribution >= 0.6 is 0 Å². The number of rotatable bonds is 10. The largest absolute Gasteiger partial charge is 0.357 e. The second kappa shape index (κ2) is 7.95. The van der Waals surface area contributed by atoms with E-state index < -0.39 is 17.1 Å². The summed E-state index contributed by atoms with van der Waals surface area (Å²) < 4.78 is 5.27. The predicted octanol–water partition coefficient (Wildman–Crippen LogP) is 2.37. The molecule has 0 aromatic heterocycles. The molecule has 0 radical (unpaired) electrons. The van der Waals surface area contributed by atoms with Gasteiger partial charge >= 0.3 is 0 Å².